The van der Waals surface area contributed by atoms with Crippen LogP contribution in [-0.4, -0.2) is 10.9 Å². The highest BCUT2D eigenvalue weighted by Gasteiger charge is 2.51. The minimum absolute atomic E-state index is 0.0289. The predicted octanol–water partition coefficient (Wildman–Crippen LogP) is 6.01. The third-order valence-corrected chi connectivity index (χ3v) is 6.96. The van der Waals surface area contributed by atoms with Crippen LogP contribution in [0.4, 0.5) is 5.13 Å². The quantitative estimate of drug-likeness (QED) is 0.574. The monoisotopic (exact) mass is 408 g/mol. The molecule has 5 heteroatoms. The lowest BCUT2D eigenvalue weighted by molar-refractivity contribution is -0.118. The van der Waals surface area contributed by atoms with Crippen LogP contribution in [0.3, 0.4) is 0 Å². The predicted molar refractivity (Wildman–Crippen MR) is 115 cm³/mol. The first-order valence-electron chi connectivity index (χ1n) is 9.79. The summed E-state index contributed by atoms with van der Waals surface area (Å²) in [4.78, 5) is 17.6. The van der Waals surface area contributed by atoms with Gasteiger partial charge >= 0.3 is 0 Å². The number of aromatic nitrogens is 1. The van der Waals surface area contributed by atoms with Crippen molar-refractivity contribution in [3.63, 3.8) is 0 Å². The van der Waals surface area contributed by atoms with Gasteiger partial charge in [-0.2, -0.15) is 0 Å². The zero-order valence-corrected chi connectivity index (χ0v) is 17.1. The molecule has 1 amide bonds. The number of rotatable bonds is 4. The summed E-state index contributed by atoms with van der Waals surface area (Å²) in [5.74, 6) is 0.0289. The number of amides is 1. The number of thiazole rings is 1. The zero-order chi connectivity index (χ0) is 19.1. The Bertz CT molecular complexity index is 1040. The molecule has 1 fully saturated rings. The van der Waals surface area contributed by atoms with Crippen LogP contribution in [0.1, 0.15) is 42.4 Å². The molecule has 0 spiro atoms. The molecule has 0 bridgehead atoms. The van der Waals surface area contributed by atoms with Crippen molar-refractivity contribution < 1.29 is 4.79 Å². The van der Waals surface area contributed by atoms with E-state index in [0.29, 0.717) is 10.2 Å². The van der Waals surface area contributed by atoms with E-state index in [1.807, 2.05) is 29.6 Å². The Kier molecular flexibility index (Phi) is 4.48. The summed E-state index contributed by atoms with van der Waals surface area (Å²) in [6, 6.07) is 14.3. The average molecular weight is 409 g/mol. The number of nitrogens with zero attached hydrogens (tertiary/aromatic N) is 1. The van der Waals surface area contributed by atoms with Crippen LogP contribution in [0.2, 0.25) is 5.02 Å². The Morgan fingerprint density at radius 3 is 2.54 bits per heavy atom. The first-order valence-corrected chi connectivity index (χ1v) is 11.1. The minimum Gasteiger partial charge on any atom is -0.301 e. The Hall–Kier alpha value is -2.17. The Morgan fingerprint density at radius 2 is 1.79 bits per heavy atom. The van der Waals surface area contributed by atoms with Gasteiger partial charge in [0.2, 0.25) is 5.91 Å². The number of hydrogen-bond acceptors (Lipinski definition) is 3. The number of hydrogen-bond donors (Lipinski definition) is 1. The molecule has 3 aromatic rings. The molecule has 0 radical (unpaired) electrons. The van der Waals surface area contributed by atoms with Gasteiger partial charge in [0.25, 0.3) is 0 Å². The highest BCUT2D eigenvalue weighted by atomic mass is 35.5. The van der Waals surface area contributed by atoms with E-state index >= 15 is 0 Å². The standard InChI is InChI=1S/C23H21ClN2OS/c24-19-9-7-18(8-10-19)23(11-12-23)21(27)26-22-25-20(14-28-22)17-6-5-15-3-1-2-4-16(15)13-17/h5-10,13-14H,1-4,11-12H2,(H,25,26,27). The molecule has 1 heterocycles. The molecule has 0 aliphatic heterocycles. The lowest BCUT2D eigenvalue weighted by atomic mass is 9.90. The van der Waals surface area contributed by atoms with E-state index in [-0.39, 0.29) is 5.91 Å². The lowest BCUT2D eigenvalue weighted by Gasteiger charge is -2.16. The van der Waals surface area contributed by atoms with E-state index < -0.39 is 5.41 Å². The van der Waals surface area contributed by atoms with Gasteiger partial charge in [-0.1, -0.05) is 35.9 Å². The third kappa shape index (κ3) is 3.25. The maximum Gasteiger partial charge on any atom is 0.236 e. The van der Waals surface area contributed by atoms with Crippen molar-refractivity contribution in [3.8, 4) is 11.3 Å². The SMILES string of the molecule is O=C(Nc1nc(-c2ccc3c(c2)CCCC3)cs1)C1(c2ccc(Cl)cc2)CC1. The molecule has 1 N–H and O–H groups in total. The molecule has 2 aliphatic carbocycles. The second-order valence-corrected chi connectivity index (χ2v) is 9.07. The van der Waals surface area contributed by atoms with Crippen LogP contribution in [0.15, 0.2) is 47.8 Å². The molecule has 0 saturated heterocycles. The first kappa shape index (κ1) is 17.9. The second-order valence-electron chi connectivity index (χ2n) is 7.77. The third-order valence-electron chi connectivity index (χ3n) is 5.95. The lowest BCUT2D eigenvalue weighted by Crippen LogP contribution is -2.27. The van der Waals surface area contributed by atoms with Crippen molar-refractivity contribution >= 4 is 34.0 Å². The van der Waals surface area contributed by atoms with Crippen molar-refractivity contribution in [1.29, 1.82) is 0 Å². The summed E-state index contributed by atoms with van der Waals surface area (Å²) < 4.78 is 0. The molecule has 3 nitrogen and oxygen atoms in total. The number of carbonyl (C=O) groups is 1. The topological polar surface area (TPSA) is 42.0 Å². The molecule has 5 rings (SSSR count). The van der Waals surface area contributed by atoms with E-state index in [0.717, 1.165) is 36.1 Å². The highest BCUT2D eigenvalue weighted by Crippen LogP contribution is 2.49. The van der Waals surface area contributed by atoms with Gasteiger partial charge in [-0.15, -0.1) is 11.3 Å². The van der Waals surface area contributed by atoms with E-state index in [9.17, 15) is 4.79 Å². The summed E-state index contributed by atoms with van der Waals surface area (Å²) in [6.45, 7) is 0. The molecule has 1 aromatic heterocycles. The van der Waals surface area contributed by atoms with E-state index in [4.69, 9.17) is 11.6 Å². The van der Waals surface area contributed by atoms with Gasteiger partial charge in [-0.25, -0.2) is 4.98 Å². The van der Waals surface area contributed by atoms with Gasteiger partial charge in [0.05, 0.1) is 11.1 Å². The van der Waals surface area contributed by atoms with Crippen LogP contribution in [0.25, 0.3) is 11.3 Å². The summed E-state index contributed by atoms with van der Waals surface area (Å²) in [7, 11) is 0. The van der Waals surface area contributed by atoms with Gasteiger partial charge < -0.3 is 5.32 Å². The van der Waals surface area contributed by atoms with E-state index in [1.54, 1.807) is 0 Å². The highest BCUT2D eigenvalue weighted by molar-refractivity contribution is 7.14. The molecular weight excluding hydrogens is 388 g/mol. The largest absolute Gasteiger partial charge is 0.301 e. The maximum atomic E-state index is 12.9. The summed E-state index contributed by atoms with van der Waals surface area (Å²) in [5, 5.41) is 6.43. The maximum absolute atomic E-state index is 12.9. The van der Waals surface area contributed by atoms with Gasteiger partial charge in [0, 0.05) is 16.0 Å². The Balaban J connectivity index is 1.34. The Labute approximate surface area is 173 Å². The molecule has 0 atom stereocenters. The van der Waals surface area contributed by atoms with Crippen molar-refractivity contribution in [2.75, 3.05) is 5.32 Å². The second kappa shape index (κ2) is 7.02. The molecule has 28 heavy (non-hydrogen) atoms. The zero-order valence-electron chi connectivity index (χ0n) is 15.5. The summed E-state index contributed by atoms with van der Waals surface area (Å²) in [6.07, 6.45) is 6.62. The van der Waals surface area contributed by atoms with Crippen molar-refractivity contribution in [2.45, 2.75) is 43.9 Å². The molecule has 2 aromatic carbocycles. The van der Waals surface area contributed by atoms with Crippen molar-refractivity contribution in [1.82, 2.24) is 4.98 Å². The first-order chi connectivity index (χ1) is 13.6. The molecule has 0 unspecified atom stereocenters. The average Bonchev–Trinajstić information content (AvgIpc) is 3.41. The number of benzene rings is 2. The van der Waals surface area contributed by atoms with Gasteiger partial charge in [0.15, 0.2) is 5.13 Å². The van der Waals surface area contributed by atoms with Gasteiger partial charge in [-0.05, 0) is 73.4 Å². The summed E-state index contributed by atoms with van der Waals surface area (Å²) >= 11 is 7.48. The molecule has 142 valence electrons. The number of halogens is 1. The fourth-order valence-corrected chi connectivity index (χ4v) is 4.95. The van der Waals surface area contributed by atoms with Crippen LogP contribution in [0.5, 0.6) is 0 Å². The van der Waals surface area contributed by atoms with E-state index in [2.05, 4.69) is 28.5 Å². The smallest absolute Gasteiger partial charge is 0.236 e. The molecule has 1 saturated carbocycles. The normalized spacial score (nSPS) is 17.0. The number of anilines is 1. The number of fused-ring (bicyclic) bond motifs is 1. The van der Waals surface area contributed by atoms with E-state index in [1.165, 1.54) is 41.7 Å². The van der Waals surface area contributed by atoms with Crippen molar-refractivity contribution in [3.05, 3.63) is 69.6 Å². The number of aryl methyl sites for hydroxylation is 2. The van der Waals surface area contributed by atoms with Gasteiger partial charge in [-0.3, -0.25) is 4.79 Å². The molecular formula is C23H21ClN2OS. The fraction of sp³-hybridized carbons (Fsp3) is 0.304. The van der Waals surface area contributed by atoms with Crippen LogP contribution < -0.4 is 5.32 Å². The Morgan fingerprint density at radius 1 is 1.04 bits per heavy atom. The van der Waals surface area contributed by atoms with Crippen LogP contribution in [-0.2, 0) is 23.1 Å². The number of carbonyl (C=O) groups excluding carboxylic acids is 1. The molecule has 2 aliphatic rings. The minimum atomic E-state index is -0.428. The van der Waals surface area contributed by atoms with Crippen LogP contribution >= 0.6 is 22.9 Å². The number of nitrogens with one attached hydrogen (secondary N) is 1. The summed E-state index contributed by atoms with van der Waals surface area (Å²) in [5.41, 5.74) is 5.59. The fourth-order valence-electron chi connectivity index (χ4n) is 4.11. The van der Waals surface area contributed by atoms with Crippen LogP contribution in [0, 0.1) is 0 Å². The van der Waals surface area contributed by atoms with Gasteiger partial charge in [0.1, 0.15) is 0 Å². The van der Waals surface area contributed by atoms with Crippen molar-refractivity contribution in [2.24, 2.45) is 0 Å².